The van der Waals surface area contributed by atoms with Gasteiger partial charge >= 0.3 is 5.97 Å². The van der Waals surface area contributed by atoms with Crippen LogP contribution in [0.3, 0.4) is 0 Å². The van der Waals surface area contributed by atoms with Crippen molar-refractivity contribution >= 4 is 5.97 Å². The lowest BCUT2D eigenvalue weighted by Gasteiger charge is -2.31. The first-order valence-electron chi connectivity index (χ1n) is 10.7. The lowest BCUT2D eigenvalue weighted by atomic mass is 9.76. The van der Waals surface area contributed by atoms with E-state index in [1.165, 1.54) is 0 Å². The predicted octanol–water partition coefficient (Wildman–Crippen LogP) is 3.43. The molecule has 0 bridgehead atoms. The lowest BCUT2D eigenvalue weighted by molar-refractivity contribution is 0.0691. The molecule has 2 heterocycles. The molecule has 0 aromatic carbocycles. The van der Waals surface area contributed by atoms with Crippen LogP contribution < -0.4 is 10.3 Å². The number of aromatic carboxylic acids is 1. The number of methoxy groups -OCH3 is 1. The molecule has 1 fully saturated rings. The molecule has 1 saturated carbocycles. The molecule has 1 atom stereocenters. The molecule has 1 unspecified atom stereocenters. The Morgan fingerprint density at radius 1 is 1.32 bits per heavy atom. The normalized spacial score (nSPS) is 17.4. The van der Waals surface area contributed by atoms with Crippen molar-refractivity contribution in [2.45, 2.75) is 51.4 Å². The molecular formula is C23H28N2O6. The van der Waals surface area contributed by atoms with Gasteiger partial charge in [0, 0.05) is 31.6 Å². The zero-order chi connectivity index (χ0) is 22.3. The zero-order valence-corrected chi connectivity index (χ0v) is 18.0. The van der Waals surface area contributed by atoms with E-state index in [4.69, 9.17) is 14.5 Å². The van der Waals surface area contributed by atoms with Gasteiger partial charge in [0.05, 0.1) is 23.7 Å². The van der Waals surface area contributed by atoms with Gasteiger partial charge in [-0.1, -0.05) is 13.8 Å². The molecule has 2 aliphatic carbocycles. The van der Waals surface area contributed by atoms with Gasteiger partial charge in [0.15, 0.2) is 5.56 Å². The summed E-state index contributed by atoms with van der Waals surface area (Å²) >= 11 is 0. The monoisotopic (exact) mass is 428 g/mol. The van der Waals surface area contributed by atoms with Crippen molar-refractivity contribution in [2.75, 3.05) is 20.3 Å². The third kappa shape index (κ3) is 3.92. The summed E-state index contributed by atoms with van der Waals surface area (Å²) in [6.45, 7) is 5.17. The molecule has 0 amide bonds. The van der Waals surface area contributed by atoms with Crippen molar-refractivity contribution in [2.24, 2.45) is 5.92 Å². The Morgan fingerprint density at radius 3 is 2.68 bits per heavy atom. The first-order valence-corrected chi connectivity index (χ1v) is 10.7. The highest BCUT2D eigenvalue weighted by Gasteiger charge is 2.37. The SMILES string of the molecule is COCCCOc1cc2c(nc1C1CC1)-c1[nH]c(=O)c(C(=O)O)c(O)c1C(C(C)C)C2. The van der Waals surface area contributed by atoms with E-state index in [2.05, 4.69) is 4.98 Å². The summed E-state index contributed by atoms with van der Waals surface area (Å²) in [6.07, 6.45) is 3.40. The van der Waals surface area contributed by atoms with Gasteiger partial charge in [0.25, 0.3) is 5.56 Å². The smallest absolute Gasteiger partial charge is 0.345 e. The number of H-pyrrole nitrogens is 1. The van der Waals surface area contributed by atoms with Crippen LogP contribution in [0.25, 0.3) is 11.4 Å². The fourth-order valence-electron chi connectivity index (χ4n) is 4.33. The molecule has 4 rings (SSSR count). The zero-order valence-electron chi connectivity index (χ0n) is 18.0. The van der Waals surface area contributed by atoms with Crippen LogP contribution in [0.1, 0.15) is 72.1 Å². The number of nitrogens with zero attached hydrogens (tertiary/aromatic N) is 1. The van der Waals surface area contributed by atoms with Gasteiger partial charge in [-0.25, -0.2) is 9.78 Å². The molecule has 0 saturated heterocycles. The largest absolute Gasteiger partial charge is 0.506 e. The lowest BCUT2D eigenvalue weighted by Crippen LogP contribution is -2.26. The van der Waals surface area contributed by atoms with Crippen LogP contribution in [0.15, 0.2) is 10.9 Å². The molecule has 3 N–H and O–H groups in total. The molecule has 0 radical (unpaired) electrons. The van der Waals surface area contributed by atoms with Crippen molar-refractivity contribution in [1.82, 2.24) is 9.97 Å². The van der Waals surface area contributed by atoms with Gasteiger partial charge in [-0.2, -0.15) is 0 Å². The number of rotatable bonds is 8. The van der Waals surface area contributed by atoms with E-state index < -0.39 is 22.8 Å². The van der Waals surface area contributed by atoms with E-state index in [1.807, 2.05) is 19.9 Å². The molecule has 8 heteroatoms. The van der Waals surface area contributed by atoms with E-state index in [9.17, 15) is 19.8 Å². The Bertz CT molecular complexity index is 1070. The second-order valence-electron chi connectivity index (χ2n) is 8.67. The van der Waals surface area contributed by atoms with Gasteiger partial charge in [-0.3, -0.25) is 4.79 Å². The third-order valence-electron chi connectivity index (χ3n) is 6.10. The topological polar surface area (TPSA) is 122 Å². The third-order valence-corrected chi connectivity index (χ3v) is 6.10. The van der Waals surface area contributed by atoms with Crippen LogP contribution in [0.2, 0.25) is 0 Å². The average Bonchev–Trinajstić information content (AvgIpc) is 3.54. The number of carbonyl (C=O) groups is 1. The van der Waals surface area contributed by atoms with Crippen LogP contribution in [0.5, 0.6) is 11.5 Å². The quantitative estimate of drug-likeness (QED) is 0.551. The van der Waals surface area contributed by atoms with Crippen LogP contribution in [0, 0.1) is 5.92 Å². The summed E-state index contributed by atoms with van der Waals surface area (Å²) in [6, 6.07) is 2.00. The number of hydrogen-bond acceptors (Lipinski definition) is 6. The molecule has 2 aromatic rings. The minimum absolute atomic E-state index is 0.111. The maximum Gasteiger partial charge on any atom is 0.345 e. The molecule has 2 aromatic heterocycles. The average molecular weight is 428 g/mol. The van der Waals surface area contributed by atoms with E-state index in [0.717, 1.165) is 36.3 Å². The number of fused-ring (bicyclic) bond motifs is 3. The fraction of sp³-hybridized carbons (Fsp3) is 0.522. The Hall–Kier alpha value is -2.87. The number of pyridine rings is 2. The van der Waals surface area contributed by atoms with E-state index in [-0.39, 0.29) is 11.8 Å². The highest BCUT2D eigenvalue weighted by molar-refractivity contribution is 5.92. The number of aromatic amines is 1. The molecule has 0 aliphatic heterocycles. The van der Waals surface area contributed by atoms with Gasteiger partial charge in [-0.15, -0.1) is 0 Å². The Balaban J connectivity index is 1.86. The van der Waals surface area contributed by atoms with Crippen molar-refractivity contribution in [3.8, 4) is 22.9 Å². The van der Waals surface area contributed by atoms with Crippen LogP contribution in [0.4, 0.5) is 0 Å². The first-order chi connectivity index (χ1) is 14.8. The second-order valence-corrected chi connectivity index (χ2v) is 8.67. The van der Waals surface area contributed by atoms with Crippen molar-refractivity contribution in [1.29, 1.82) is 0 Å². The number of carboxylic acid groups (broad SMARTS) is 1. The molecule has 31 heavy (non-hydrogen) atoms. The van der Waals surface area contributed by atoms with E-state index >= 15 is 0 Å². The van der Waals surface area contributed by atoms with Crippen LogP contribution >= 0.6 is 0 Å². The number of hydrogen-bond donors (Lipinski definition) is 3. The highest BCUT2D eigenvalue weighted by Crippen LogP contribution is 2.49. The Kier molecular flexibility index (Phi) is 5.75. The summed E-state index contributed by atoms with van der Waals surface area (Å²) in [5, 5.41) is 20.2. The first kappa shape index (κ1) is 21.4. The van der Waals surface area contributed by atoms with Crippen molar-refractivity contribution in [3.63, 3.8) is 0 Å². The van der Waals surface area contributed by atoms with Gasteiger partial charge < -0.3 is 24.7 Å². The van der Waals surface area contributed by atoms with Crippen LogP contribution in [-0.2, 0) is 11.2 Å². The molecule has 166 valence electrons. The van der Waals surface area contributed by atoms with Gasteiger partial charge in [0.1, 0.15) is 11.5 Å². The number of nitrogens with one attached hydrogen (secondary N) is 1. The van der Waals surface area contributed by atoms with Crippen molar-refractivity contribution in [3.05, 3.63) is 38.8 Å². The summed E-state index contributed by atoms with van der Waals surface area (Å²) in [4.78, 5) is 31.6. The van der Waals surface area contributed by atoms with Gasteiger partial charge in [-0.05, 0) is 42.7 Å². The number of ether oxygens (including phenoxy) is 2. The Morgan fingerprint density at radius 2 is 2.06 bits per heavy atom. The number of aromatic nitrogens is 2. The van der Waals surface area contributed by atoms with Crippen molar-refractivity contribution < 1.29 is 24.5 Å². The fourth-order valence-corrected chi connectivity index (χ4v) is 4.33. The minimum Gasteiger partial charge on any atom is -0.506 e. The molecule has 2 aliphatic rings. The minimum atomic E-state index is -1.44. The number of carboxylic acids is 1. The predicted molar refractivity (Wildman–Crippen MR) is 114 cm³/mol. The summed E-state index contributed by atoms with van der Waals surface area (Å²) in [5.74, 6) is -0.872. The molecular weight excluding hydrogens is 400 g/mol. The maximum absolute atomic E-state index is 12.5. The summed E-state index contributed by atoms with van der Waals surface area (Å²) in [5.41, 5.74) is 1.82. The maximum atomic E-state index is 12.5. The van der Waals surface area contributed by atoms with E-state index in [0.29, 0.717) is 42.5 Å². The molecule has 8 nitrogen and oxygen atoms in total. The van der Waals surface area contributed by atoms with E-state index in [1.54, 1.807) is 7.11 Å². The molecule has 0 spiro atoms. The van der Waals surface area contributed by atoms with Gasteiger partial charge in [0.2, 0.25) is 0 Å². The summed E-state index contributed by atoms with van der Waals surface area (Å²) in [7, 11) is 1.66. The second kappa shape index (κ2) is 8.34. The Labute approximate surface area is 180 Å². The van der Waals surface area contributed by atoms with Crippen LogP contribution in [-0.4, -0.2) is 46.5 Å². The number of aromatic hydroxyl groups is 1. The standard InChI is InChI=1S/C23H28N2O6/c1-11(2)14-9-13-10-15(31-8-4-7-30-3)18(12-5-6-12)24-19(13)20-16(14)21(26)17(23(28)29)22(27)25-20/h10-12,14H,4-9H2,1-3H3,(H,28,29)(H2,25,26,27). The highest BCUT2D eigenvalue weighted by atomic mass is 16.5. The summed E-state index contributed by atoms with van der Waals surface area (Å²) < 4.78 is 11.1.